The number of nitrogens with zero attached hydrogens (tertiary/aromatic N) is 4. The molecule has 24 heavy (non-hydrogen) atoms. The smallest absolute Gasteiger partial charge is 0.225 e. The Balaban J connectivity index is 1.61. The average molecular weight is 330 g/mol. The van der Waals surface area contributed by atoms with E-state index in [0.29, 0.717) is 38.5 Å². The fourth-order valence-corrected chi connectivity index (χ4v) is 2.66. The lowest BCUT2D eigenvalue weighted by Gasteiger charge is -2.33. The maximum atomic E-state index is 12.4. The standard InChI is InChI=1S/C17H22N4O3/c1-20(2)17-18-7-5-14(19-17)15-11-21(8-10-24-15)16(22)4-3-13-6-9-23-12-13/h5-7,9,12,15H,3-4,8,10-11H2,1-2H3. The highest BCUT2D eigenvalue weighted by Crippen LogP contribution is 2.22. The van der Waals surface area contributed by atoms with Gasteiger partial charge in [0.25, 0.3) is 0 Å². The summed E-state index contributed by atoms with van der Waals surface area (Å²) in [5.41, 5.74) is 1.85. The zero-order valence-electron chi connectivity index (χ0n) is 14.0. The highest BCUT2D eigenvalue weighted by atomic mass is 16.5. The molecule has 3 heterocycles. The summed E-state index contributed by atoms with van der Waals surface area (Å²) >= 11 is 0. The SMILES string of the molecule is CN(C)c1nccc(C2CN(C(=O)CCc3ccoc3)CCO2)n1. The number of hydrogen-bond acceptors (Lipinski definition) is 6. The van der Waals surface area contributed by atoms with Gasteiger partial charge in [-0.3, -0.25) is 4.79 Å². The van der Waals surface area contributed by atoms with Gasteiger partial charge in [-0.2, -0.15) is 0 Å². The summed E-state index contributed by atoms with van der Waals surface area (Å²) in [6.07, 6.45) is 5.98. The molecule has 128 valence electrons. The van der Waals surface area contributed by atoms with E-state index in [2.05, 4.69) is 9.97 Å². The summed E-state index contributed by atoms with van der Waals surface area (Å²) in [5, 5.41) is 0. The molecule has 0 aromatic carbocycles. The van der Waals surface area contributed by atoms with Crippen molar-refractivity contribution in [2.45, 2.75) is 18.9 Å². The minimum Gasteiger partial charge on any atom is -0.472 e. The van der Waals surface area contributed by atoms with Crippen LogP contribution in [0.1, 0.15) is 23.8 Å². The second-order valence-electron chi connectivity index (χ2n) is 6.01. The van der Waals surface area contributed by atoms with E-state index in [-0.39, 0.29) is 12.0 Å². The molecular weight excluding hydrogens is 308 g/mol. The topological polar surface area (TPSA) is 71.7 Å². The predicted octanol–water partition coefficient (Wildman–Crippen LogP) is 1.67. The largest absolute Gasteiger partial charge is 0.472 e. The summed E-state index contributed by atoms with van der Waals surface area (Å²) in [5.74, 6) is 0.769. The van der Waals surface area contributed by atoms with Crippen LogP contribution in [0, 0.1) is 0 Å². The number of furan rings is 1. The quantitative estimate of drug-likeness (QED) is 0.830. The number of hydrogen-bond donors (Lipinski definition) is 0. The van der Waals surface area contributed by atoms with Gasteiger partial charge >= 0.3 is 0 Å². The molecule has 0 bridgehead atoms. The van der Waals surface area contributed by atoms with Crippen LogP contribution < -0.4 is 4.90 Å². The number of rotatable bonds is 5. The molecule has 1 atom stereocenters. The zero-order valence-corrected chi connectivity index (χ0v) is 14.0. The van der Waals surface area contributed by atoms with Crippen molar-refractivity contribution < 1.29 is 13.9 Å². The second kappa shape index (κ2) is 7.44. The van der Waals surface area contributed by atoms with Crippen LogP contribution in [0.4, 0.5) is 5.95 Å². The van der Waals surface area contributed by atoms with E-state index in [1.54, 1.807) is 18.7 Å². The van der Waals surface area contributed by atoms with E-state index in [1.807, 2.05) is 36.0 Å². The van der Waals surface area contributed by atoms with Gasteiger partial charge in [-0.15, -0.1) is 0 Å². The van der Waals surface area contributed by atoms with Gasteiger partial charge in [0.2, 0.25) is 11.9 Å². The van der Waals surface area contributed by atoms with Crippen molar-refractivity contribution >= 4 is 11.9 Å². The maximum absolute atomic E-state index is 12.4. The monoisotopic (exact) mass is 330 g/mol. The molecule has 7 nitrogen and oxygen atoms in total. The first-order valence-corrected chi connectivity index (χ1v) is 8.04. The molecule has 0 radical (unpaired) electrons. The zero-order chi connectivity index (χ0) is 16.9. The van der Waals surface area contributed by atoms with Crippen molar-refractivity contribution in [1.82, 2.24) is 14.9 Å². The Kier molecular flexibility index (Phi) is 5.10. The van der Waals surface area contributed by atoms with E-state index in [9.17, 15) is 4.79 Å². The molecule has 1 unspecified atom stereocenters. The Labute approximate surface area is 141 Å². The number of amides is 1. The van der Waals surface area contributed by atoms with Crippen LogP contribution >= 0.6 is 0 Å². The summed E-state index contributed by atoms with van der Waals surface area (Å²) in [6.45, 7) is 1.66. The van der Waals surface area contributed by atoms with Crippen molar-refractivity contribution in [2.24, 2.45) is 0 Å². The van der Waals surface area contributed by atoms with Gasteiger partial charge in [0.1, 0.15) is 6.10 Å². The van der Waals surface area contributed by atoms with Crippen LogP contribution in [0.15, 0.2) is 35.3 Å². The van der Waals surface area contributed by atoms with Crippen molar-refractivity contribution in [3.63, 3.8) is 0 Å². The third kappa shape index (κ3) is 3.91. The van der Waals surface area contributed by atoms with Gasteiger partial charge in [-0.1, -0.05) is 0 Å². The Morgan fingerprint density at radius 2 is 2.29 bits per heavy atom. The molecule has 3 rings (SSSR count). The Morgan fingerprint density at radius 3 is 3.04 bits per heavy atom. The number of carbonyl (C=O) groups is 1. The predicted molar refractivity (Wildman–Crippen MR) is 88.7 cm³/mol. The lowest BCUT2D eigenvalue weighted by molar-refractivity contribution is -0.139. The molecule has 7 heteroatoms. The first-order valence-electron chi connectivity index (χ1n) is 8.04. The van der Waals surface area contributed by atoms with Gasteiger partial charge in [-0.05, 0) is 24.1 Å². The lowest BCUT2D eigenvalue weighted by Crippen LogP contribution is -2.42. The van der Waals surface area contributed by atoms with Crippen molar-refractivity contribution in [1.29, 1.82) is 0 Å². The van der Waals surface area contributed by atoms with Gasteiger partial charge in [0.15, 0.2) is 0 Å². The van der Waals surface area contributed by atoms with Gasteiger partial charge < -0.3 is 19.0 Å². The molecule has 2 aromatic heterocycles. The van der Waals surface area contributed by atoms with Crippen molar-refractivity contribution in [3.8, 4) is 0 Å². The molecule has 1 fully saturated rings. The maximum Gasteiger partial charge on any atom is 0.225 e. The number of aromatic nitrogens is 2. The molecule has 1 saturated heterocycles. The minimum absolute atomic E-state index is 0.131. The highest BCUT2D eigenvalue weighted by Gasteiger charge is 2.26. The average Bonchev–Trinajstić information content (AvgIpc) is 3.13. The number of morpholine rings is 1. The van der Waals surface area contributed by atoms with Gasteiger partial charge in [0, 0.05) is 33.3 Å². The first kappa shape index (κ1) is 16.4. The van der Waals surface area contributed by atoms with E-state index in [0.717, 1.165) is 11.3 Å². The molecule has 0 saturated carbocycles. The first-order chi connectivity index (χ1) is 11.6. The molecule has 0 N–H and O–H groups in total. The molecule has 1 aliphatic rings. The lowest BCUT2D eigenvalue weighted by atomic mass is 10.1. The molecule has 0 spiro atoms. The van der Waals surface area contributed by atoms with Crippen LogP contribution in [0.2, 0.25) is 0 Å². The van der Waals surface area contributed by atoms with Crippen LogP contribution in [0.5, 0.6) is 0 Å². The Bertz CT molecular complexity index is 672. The molecule has 1 aliphatic heterocycles. The number of ether oxygens (including phenoxy) is 1. The minimum atomic E-state index is -0.210. The van der Waals surface area contributed by atoms with E-state index in [4.69, 9.17) is 9.15 Å². The summed E-state index contributed by atoms with van der Waals surface area (Å²) in [4.78, 5) is 24.9. The Morgan fingerprint density at radius 1 is 1.42 bits per heavy atom. The highest BCUT2D eigenvalue weighted by molar-refractivity contribution is 5.76. The van der Waals surface area contributed by atoms with Crippen LogP contribution in [0.3, 0.4) is 0 Å². The summed E-state index contributed by atoms with van der Waals surface area (Å²) in [6, 6.07) is 3.73. The third-order valence-electron chi connectivity index (χ3n) is 4.02. The Hall–Kier alpha value is -2.41. The fraction of sp³-hybridized carbons (Fsp3) is 0.471. The normalized spacial score (nSPS) is 17.8. The van der Waals surface area contributed by atoms with E-state index >= 15 is 0 Å². The molecule has 1 amide bonds. The summed E-state index contributed by atoms with van der Waals surface area (Å²) < 4.78 is 10.8. The third-order valence-corrected chi connectivity index (χ3v) is 4.02. The van der Waals surface area contributed by atoms with Crippen molar-refractivity contribution in [3.05, 3.63) is 42.1 Å². The van der Waals surface area contributed by atoms with Gasteiger partial charge in [0.05, 0.1) is 31.4 Å². The van der Waals surface area contributed by atoms with Crippen LogP contribution in [-0.2, 0) is 16.0 Å². The molecule has 2 aromatic rings. The number of carbonyl (C=O) groups excluding carboxylic acids is 1. The summed E-state index contributed by atoms with van der Waals surface area (Å²) in [7, 11) is 3.79. The number of aryl methyl sites for hydroxylation is 1. The van der Waals surface area contributed by atoms with Crippen LogP contribution in [0.25, 0.3) is 0 Å². The molecular formula is C17H22N4O3. The number of anilines is 1. The van der Waals surface area contributed by atoms with Crippen LogP contribution in [-0.4, -0.2) is 54.6 Å². The second-order valence-corrected chi connectivity index (χ2v) is 6.01. The van der Waals surface area contributed by atoms with Crippen molar-refractivity contribution in [2.75, 3.05) is 38.7 Å². The van der Waals surface area contributed by atoms with E-state index in [1.165, 1.54) is 0 Å². The molecule has 0 aliphatic carbocycles. The van der Waals surface area contributed by atoms with E-state index < -0.39 is 0 Å². The fourth-order valence-electron chi connectivity index (χ4n) is 2.66. The van der Waals surface area contributed by atoms with Gasteiger partial charge in [-0.25, -0.2) is 9.97 Å².